The Morgan fingerprint density at radius 2 is 2.09 bits per heavy atom. The highest BCUT2D eigenvalue weighted by atomic mass is 16.6. The van der Waals surface area contributed by atoms with Crippen LogP contribution in [0.25, 0.3) is 0 Å². The smallest absolute Gasteiger partial charge is 0.410 e. The minimum Gasteiger partial charge on any atom is -0.474 e. The first-order chi connectivity index (χ1) is 10.3. The van der Waals surface area contributed by atoms with Gasteiger partial charge >= 0.3 is 6.09 Å². The third kappa shape index (κ3) is 4.86. The van der Waals surface area contributed by atoms with Crippen LogP contribution in [0, 0.1) is 6.92 Å². The van der Waals surface area contributed by atoms with E-state index in [-0.39, 0.29) is 12.1 Å². The van der Waals surface area contributed by atoms with Gasteiger partial charge in [-0.2, -0.15) is 5.10 Å². The molecule has 1 fully saturated rings. The Kier molecular flexibility index (Phi) is 5.21. The number of hydrogen-bond acceptors (Lipinski definition) is 5. The van der Waals surface area contributed by atoms with Gasteiger partial charge in [-0.3, -0.25) is 0 Å². The number of likely N-dealkylation sites (tertiary alicyclic amines) is 1. The molecule has 1 aliphatic rings. The first-order valence-electron chi connectivity index (χ1n) is 7.78. The van der Waals surface area contributed by atoms with Gasteiger partial charge in [0.05, 0.1) is 11.7 Å². The lowest BCUT2D eigenvalue weighted by molar-refractivity contribution is 0.00330. The number of nitrogens with zero attached hydrogens (tertiary/aromatic N) is 3. The maximum atomic E-state index is 12.3. The summed E-state index contributed by atoms with van der Waals surface area (Å²) in [5, 5.41) is 7.95. The summed E-state index contributed by atoms with van der Waals surface area (Å²) in [5.74, 6) is 0.486. The highest BCUT2D eigenvalue weighted by Crippen LogP contribution is 2.21. The summed E-state index contributed by atoms with van der Waals surface area (Å²) >= 11 is 0. The molecule has 0 aliphatic carbocycles. The van der Waals surface area contributed by atoms with Gasteiger partial charge < -0.3 is 14.4 Å². The Hall–Kier alpha value is -1.85. The summed E-state index contributed by atoms with van der Waals surface area (Å²) in [6.07, 6.45) is 2.74. The molecular weight excluding hydrogens is 282 g/mol. The minimum atomic E-state index is -0.484. The standard InChI is InChI=1S/C16H25N3O3/c1-12-8-9-14(18-17-12)21-11-13-7-5-6-10-19(13)15(20)22-16(2,3)4/h8-9,13H,5-7,10-11H2,1-4H3. The lowest BCUT2D eigenvalue weighted by atomic mass is 10.0. The molecule has 6 nitrogen and oxygen atoms in total. The van der Waals surface area contributed by atoms with E-state index in [1.807, 2.05) is 33.8 Å². The summed E-state index contributed by atoms with van der Waals surface area (Å²) < 4.78 is 11.2. The van der Waals surface area contributed by atoms with Gasteiger partial charge in [-0.25, -0.2) is 4.79 Å². The SMILES string of the molecule is Cc1ccc(OCC2CCCCN2C(=O)OC(C)(C)C)nn1. The lowest BCUT2D eigenvalue weighted by Crippen LogP contribution is -2.48. The predicted molar refractivity (Wildman–Crippen MR) is 82.8 cm³/mol. The van der Waals surface area contributed by atoms with Gasteiger partial charge in [0.1, 0.15) is 12.2 Å². The van der Waals surface area contributed by atoms with Crippen molar-refractivity contribution < 1.29 is 14.3 Å². The number of carbonyl (C=O) groups excluding carboxylic acids is 1. The fourth-order valence-electron chi connectivity index (χ4n) is 2.38. The number of piperidine rings is 1. The Morgan fingerprint density at radius 1 is 1.32 bits per heavy atom. The maximum Gasteiger partial charge on any atom is 0.410 e. The van der Waals surface area contributed by atoms with Crippen molar-refractivity contribution in [1.29, 1.82) is 0 Å². The Bertz CT molecular complexity index is 496. The molecule has 22 heavy (non-hydrogen) atoms. The normalized spacial score (nSPS) is 18.9. The van der Waals surface area contributed by atoms with Crippen molar-refractivity contribution in [2.45, 2.75) is 58.6 Å². The summed E-state index contributed by atoms with van der Waals surface area (Å²) in [6, 6.07) is 3.67. The van der Waals surface area contributed by atoms with Crippen LogP contribution in [0.3, 0.4) is 0 Å². The number of aromatic nitrogens is 2. The van der Waals surface area contributed by atoms with Gasteiger partial charge in [0.2, 0.25) is 5.88 Å². The van der Waals surface area contributed by atoms with Crippen LogP contribution in [-0.2, 0) is 4.74 Å². The second-order valence-corrected chi connectivity index (χ2v) is 6.65. The fraction of sp³-hybridized carbons (Fsp3) is 0.688. The molecule has 1 unspecified atom stereocenters. The maximum absolute atomic E-state index is 12.3. The average molecular weight is 307 g/mol. The van der Waals surface area contributed by atoms with Crippen LogP contribution in [0.2, 0.25) is 0 Å². The molecule has 0 bridgehead atoms. The Labute approximate surface area is 131 Å². The number of aryl methyl sites for hydroxylation is 1. The molecule has 0 spiro atoms. The molecule has 2 rings (SSSR count). The van der Waals surface area contributed by atoms with Gasteiger partial charge in [0.15, 0.2) is 0 Å². The zero-order valence-electron chi connectivity index (χ0n) is 13.8. The molecule has 1 aromatic rings. The van der Waals surface area contributed by atoms with E-state index in [1.54, 1.807) is 11.0 Å². The molecule has 1 amide bonds. The molecule has 1 saturated heterocycles. The van der Waals surface area contributed by atoms with Crippen molar-refractivity contribution >= 4 is 6.09 Å². The van der Waals surface area contributed by atoms with E-state index >= 15 is 0 Å². The van der Waals surface area contributed by atoms with Gasteiger partial charge in [-0.15, -0.1) is 5.10 Å². The summed E-state index contributed by atoms with van der Waals surface area (Å²) in [4.78, 5) is 14.1. The van der Waals surface area contributed by atoms with Gasteiger partial charge in [-0.1, -0.05) is 0 Å². The summed E-state index contributed by atoms with van der Waals surface area (Å²) in [5.41, 5.74) is 0.364. The third-order valence-electron chi connectivity index (χ3n) is 3.45. The second kappa shape index (κ2) is 6.94. The molecule has 0 N–H and O–H groups in total. The first kappa shape index (κ1) is 16.5. The quantitative estimate of drug-likeness (QED) is 0.859. The zero-order chi connectivity index (χ0) is 16.2. The number of amides is 1. The van der Waals surface area contributed by atoms with Crippen LogP contribution in [0.5, 0.6) is 5.88 Å². The van der Waals surface area contributed by atoms with Gasteiger partial charge in [0, 0.05) is 12.6 Å². The predicted octanol–water partition coefficient (Wildman–Crippen LogP) is 2.95. The van der Waals surface area contributed by atoms with Gasteiger partial charge in [0.25, 0.3) is 0 Å². The second-order valence-electron chi connectivity index (χ2n) is 6.65. The third-order valence-corrected chi connectivity index (χ3v) is 3.45. The van der Waals surface area contributed by atoms with Crippen molar-refractivity contribution in [3.05, 3.63) is 17.8 Å². The van der Waals surface area contributed by atoms with E-state index < -0.39 is 5.60 Å². The Morgan fingerprint density at radius 3 is 2.73 bits per heavy atom. The highest BCUT2D eigenvalue weighted by molar-refractivity contribution is 5.68. The monoisotopic (exact) mass is 307 g/mol. The Balaban J connectivity index is 1.94. The molecule has 1 atom stereocenters. The van der Waals surface area contributed by atoms with Crippen molar-refractivity contribution in [2.24, 2.45) is 0 Å². The van der Waals surface area contributed by atoms with Crippen LogP contribution in [0.15, 0.2) is 12.1 Å². The van der Waals surface area contributed by atoms with E-state index in [9.17, 15) is 4.79 Å². The van der Waals surface area contributed by atoms with Crippen LogP contribution < -0.4 is 4.74 Å². The first-order valence-corrected chi connectivity index (χ1v) is 7.78. The summed E-state index contributed by atoms with van der Waals surface area (Å²) in [7, 11) is 0. The largest absolute Gasteiger partial charge is 0.474 e. The van der Waals surface area contributed by atoms with Gasteiger partial charge in [-0.05, 0) is 53.0 Å². The van der Waals surface area contributed by atoms with Crippen molar-refractivity contribution in [3.63, 3.8) is 0 Å². The van der Waals surface area contributed by atoms with Crippen molar-refractivity contribution in [2.75, 3.05) is 13.2 Å². The molecule has 2 heterocycles. The molecule has 1 aliphatic heterocycles. The number of rotatable bonds is 3. The molecule has 0 saturated carbocycles. The molecule has 122 valence electrons. The van der Waals surface area contributed by atoms with E-state index in [2.05, 4.69) is 10.2 Å². The molecule has 0 radical (unpaired) electrons. The van der Waals surface area contributed by atoms with Crippen molar-refractivity contribution in [1.82, 2.24) is 15.1 Å². The number of hydrogen-bond donors (Lipinski definition) is 0. The van der Waals surface area contributed by atoms with E-state index in [4.69, 9.17) is 9.47 Å². The average Bonchev–Trinajstić information content (AvgIpc) is 2.45. The van der Waals surface area contributed by atoms with Crippen LogP contribution >= 0.6 is 0 Å². The van der Waals surface area contributed by atoms with E-state index in [1.165, 1.54) is 0 Å². The topological polar surface area (TPSA) is 64.5 Å². The fourth-order valence-corrected chi connectivity index (χ4v) is 2.38. The molecule has 1 aromatic heterocycles. The van der Waals surface area contributed by atoms with E-state index in [0.717, 1.165) is 25.0 Å². The number of carbonyl (C=O) groups is 1. The summed E-state index contributed by atoms with van der Waals surface area (Å²) in [6.45, 7) is 8.63. The molecule has 0 aromatic carbocycles. The van der Waals surface area contributed by atoms with E-state index in [0.29, 0.717) is 19.0 Å². The highest BCUT2D eigenvalue weighted by Gasteiger charge is 2.30. The van der Waals surface area contributed by atoms with Crippen LogP contribution in [-0.4, -0.2) is 46.0 Å². The minimum absolute atomic E-state index is 0.0201. The van der Waals surface area contributed by atoms with Crippen LogP contribution in [0.4, 0.5) is 4.79 Å². The van der Waals surface area contributed by atoms with Crippen molar-refractivity contribution in [3.8, 4) is 5.88 Å². The molecule has 6 heteroatoms. The lowest BCUT2D eigenvalue weighted by Gasteiger charge is -2.36. The zero-order valence-corrected chi connectivity index (χ0v) is 13.8. The van der Waals surface area contributed by atoms with Crippen LogP contribution in [0.1, 0.15) is 45.7 Å². The molecular formula is C16H25N3O3. The number of ether oxygens (including phenoxy) is 2.